The fraction of sp³-hybridized carbons (Fsp3) is 0.667. The molecular formula is C12H20N4S. The first-order chi connectivity index (χ1) is 8.25. The van der Waals surface area contributed by atoms with Crippen molar-refractivity contribution in [3.63, 3.8) is 0 Å². The molecule has 2 N–H and O–H groups in total. The van der Waals surface area contributed by atoms with E-state index in [1.165, 1.54) is 10.7 Å². The summed E-state index contributed by atoms with van der Waals surface area (Å²) in [7, 11) is 0. The summed E-state index contributed by atoms with van der Waals surface area (Å²) in [6, 6.07) is 0. The van der Waals surface area contributed by atoms with E-state index in [1.54, 1.807) is 11.3 Å². The minimum absolute atomic E-state index is 0.533. The maximum Gasteiger partial charge on any atom is 0.191 e. The second-order valence-corrected chi connectivity index (χ2v) is 5.41. The van der Waals surface area contributed by atoms with Crippen LogP contribution in [0.25, 0.3) is 0 Å². The van der Waals surface area contributed by atoms with Crippen LogP contribution in [0, 0.1) is 0 Å². The van der Waals surface area contributed by atoms with Gasteiger partial charge < -0.3 is 10.6 Å². The minimum atomic E-state index is 0.533. The highest BCUT2D eigenvalue weighted by atomic mass is 32.1. The molecule has 4 nitrogen and oxygen atoms in total. The first-order valence-electron chi connectivity index (χ1n) is 6.22. The van der Waals surface area contributed by atoms with Gasteiger partial charge in [-0.25, -0.2) is 4.98 Å². The monoisotopic (exact) mass is 252 g/mol. The summed E-state index contributed by atoms with van der Waals surface area (Å²) in [5, 5.41) is 9.95. The summed E-state index contributed by atoms with van der Waals surface area (Å²) in [6.45, 7) is 7.22. The van der Waals surface area contributed by atoms with E-state index >= 15 is 0 Å². The van der Waals surface area contributed by atoms with E-state index in [0.29, 0.717) is 5.92 Å². The van der Waals surface area contributed by atoms with Gasteiger partial charge in [-0.1, -0.05) is 13.8 Å². The molecule has 0 amide bonds. The van der Waals surface area contributed by atoms with E-state index in [1.807, 2.05) is 0 Å². The van der Waals surface area contributed by atoms with Crippen LogP contribution in [-0.4, -0.2) is 30.6 Å². The number of hydrogen-bond acceptors (Lipinski definition) is 5. The number of aliphatic imine (C=N–C) groups is 1. The predicted molar refractivity (Wildman–Crippen MR) is 72.8 cm³/mol. The number of rotatable bonds is 4. The minimum Gasteiger partial charge on any atom is -0.356 e. The van der Waals surface area contributed by atoms with E-state index in [0.717, 1.165) is 38.4 Å². The third kappa shape index (κ3) is 3.70. The summed E-state index contributed by atoms with van der Waals surface area (Å²) in [6.07, 6.45) is 2.10. The van der Waals surface area contributed by atoms with Crippen molar-refractivity contribution >= 4 is 17.3 Å². The van der Waals surface area contributed by atoms with Crippen molar-refractivity contribution in [1.82, 2.24) is 15.6 Å². The molecule has 0 saturated heterocycles. The predicted octanol–water partition coefficient (Wildman–Crippen LogP) is 1.75. The molecule has 2 heterocycles. The molecule has 0 radical (unpaired) electrons. The second kappa shape index (κ2) is 6.00. The zero-order valence-electron chi connectivity index (χ0n) is 10.5. The Morgan fingerprint density at radius 3 is 3.06 bits per heavy atom. The first kappa shape index (κ1) is 12.4. The van der Waals surface area contributed by atoms with Gasteiger partial charge in [-0.2, -0.15) is 0 Å². The lowest BCUT2D eigenvalue weighted by molar-refractivity contribution is 0.698. The molecule has 0 unspecified atom stereocenters. The third-order valence-corrected chi connectivity index (χ3v) is 3.83. The van der Waals surface area contributed by atoms with Crippen LogP contribution in [-0.2, 0) is 6.42 Å². The zero-order valence-corrected chi connectivity index (χ0v) is 11.3. The first-order valence-corrected chi connectivity index (χ1v) is 7.10. The Labute approximate surface area is 107 Å². The standard InChI is InChI=1S/C12H20N4S/c1-9(2)11-16-10(8-17-11)4-7-15-12-13-5-3-6-14-12/h8-9H,3-7H2,1-2H3,(H2,13,14,15). The van der Waals surface area contributed by atoms with Gasteiger partial charge in [-0.15, -0.1) is 11.3 Å². The molecule has 0 spiro atoms. The van der Waals surface area contributed by atoms with Gasteiger partial charge in [-0.05, 0) is 6.42 Å². The molecule has 1 aliphatic rings. The molecule has 5 heteroatoms. The van der Waals surface area contributed by atoms with Crippen LogP contribution < -0.4 is 10.6 Å². The Balaban J connectivity index is 1.75. The van der Waals surface area contributed by atoms with Crippen molar-refractivity contribution < 1.29 is 0 Å². The van der Waals surface area contributed by atoms with Crippen LogP contribution in [0.4, 0.5) is 0 Å². The number of nitrogens with one attached hydrogen (secondary N) is 2. The highest BCUT2D eigenvalue weighted by molar-refractivity contribution is 7.09. The average Bonchev–Trinajstić information content (AvgIpc) is 2.79. The molecular weight excluding hydrogens is 232 g/mol. The van der Waals surface area contributed by atoms with E-state index in [4.69, 9.17) is 0 Å². The van der Waals surface area contributed by atoms with Crippen molar-refractivity contribution in [3.05, 3.63) is 16.1 Å². The van der Waals surface area contributed by atoms with E-state index in [-0.39, 0.29) is 0 Å². The van der Waals surface area contributed by atoms with Crippen LogP contribution in [0.5, 0.6) is 0 Å². The summed E-state index contributed by atoms with van der Waals surface area (Å²) >= 11 is 1.76. The van der Waals surface area contributed by atoms with Gasteiger partial charge >= 0.3 is 0 Å². The number of hydrogen-bond donors (Lipinski definition) is 2. The van der Waals surface area contributed by atoms with Crippen molar-refractivity contribution in [2.75, 3.05) is 19.6 Å². The molecule has 1 aliphatic heterocycles. The molecule has 94 valence electrons. The zero-order chi connectivity index (χ0) is 12.1. The Hall–Kier alpha value is -1.10. The Morgan fingerprint density at radius 1 is 1.53 bits per heavy atom. The maximum absolute atomic E-state index is 4.61. The highest BCUT2D eigenvalue weighted by Crippen LogP contribution is 2.19. The molecule has 17 heavy (non-hydrogen) atoms. The maximum atomic E-state index is 4.61. The smallest absolute Gasteiger partial charge is 0.191 e. The lowest BCUT2D eigenvalue weighted by atomic mass is 10.2. The Kier molecular flexibility index (Phi) is 4.36. The molecule has 1 aromatic rings. The largest absolute Gasteiger partial charge is 0.356 e. The van der Waals surface area contributed by atoms with Gasteiger partial charge in [0.05, 0.1) is 10.7 Å². The molecule has 0 fully saturated rings. The van der Waals surface area contributed by atoms with Crippen molar-refractivity contribution in [3.8, 4) is 0 Å². The van der Waals surface area contributed by atoms with E-state index < -0.39 is 0 Å². The average molecular weight is 252 g/mol. The van der Waals surface area contributed by atoms with Crippen LogP contribution in [0.15, 0.2) is 10.4 Å². The van der Waals surface area contributed by atoms with Gasteiger partial charge in [0.15, 0.2) is 5.96 Å². The SMILES string of the molecule is CC(C)c1nc(CCNC2=NCCCN2)cs1. The fourth-order valence-electron chi connectivity index (χ4n) is 1.66. The van der Waals surface area contributed by atoms with Gasteiger partial charge in [0.2, 0.25) is 0 Å². The quantitative estimate of drug-likeness (QED) is 0.858. The van der Waals surface area contributed by atoms with Crippen molar-refractivity contribution in [2.24, 2.45) is 4.99 Å². The molecule has 1 aromatic heterocycles. The normalized spacial score (nSPS) is 15.6. The van der Waals surface area contributed by atoms with Gasteiger partial charge in [0.25, 0.3) is 0 Å². The van der Waals surface area contributed by atoms with Crippen molar-refractivity contribution in [1.29, 1.82) is 0 Å². The summed E-state index contributed by atoms with van der Waals surface area (Å²) < 4.78 is 0. The molecule has 0 aromatic carbocycles. The number of aromatic nitrogens is 1. The highest BCUT2D eigenvalue weighted by Gasteiger charge is 2.06. The molecule has 0 atom stereocenters. The Morgan fingerprint density at radius 2 is 2.41 bits per heavy atom. The van der Waals surface area contributed by atoms with E-state index in [2.05, 4.69) is 39.8 Å². The summed E-state index contributed by atoms with van der Waals surface area (Å²) in [4.78, 5) is 8.98. The number of guanidine groups is 1. The summed E-state index contributed by atoms with van der Waals surface area (Å²) in [5.74, 6) is 1.47. The van der Waals surface area contributed by atoms with Gasteiger partial charge in [0.1, 0.15) is 0 Å². The molecule has 0 aliphatic carbocycles. The lowest BCUT2D eigenvalue weighted by Gasteiger charge is -2.15. The molecule has 0 bridgehead atoms. The van der Waals surface area contributed by atoms with Crippen LogP contribution >= 0.6 is 11.3 Å². The van der Waals surface area contributed by atoms with E-state index in [9.17, 15) is 0 Å². The Bertz CT molecular complexity index is 384. The van der Waals surface area contributed by atoms with Gasteiger partial charge in [0, 0.05) is 37.4 Å². The molecule has 0 saturated carbocycles. The van der Waals surface area contributed by atoms with Crippen molar-refractivity contribution in [2.45, 2.75) is 32.6 Å². The lowest BCUT2D eigenvalue weighted by Crippen LogP contribution is -2.41. The fourth-order valence-corrected chi connectivity index (χ4v) is 2.53. The van der Waals surface area contributed by atoms with Crippen LogP contribution in [0.2, 0.25) is 0 Å². The van der Waals surface area contributed by atoms with Crippen LogP contribution in [0.1, 0.15) is 36.9 Å². The number of thiazole rings is 1. The number of nitrogens with zero attached hydrogens (tertiary/aromatic N) is 2. The van der Waals surface area contributed by atoms with Crippen LogP contribution in [0.3, 0.4) is 0 Å². The summed E-state index contributed by atoms with van der Waals surface area (Å²) in [5.41, 5.74) is 1.18. The van der Waals surface area contributed by atoms with Gasteiger partial charge in [-0.3, -0.25) is 4.99 Å². The second-order valence-electron chi connectivity index (χ2n) is 4.52. The third-order valence-electron chi connectivity index (χ3n) is 2.63. The topological polar surface area (TPSA) is 49.3 Å². The molecule has 2 rings (SSSR count).